The number of ether oxygens (including phenoxy) is 2. The molecule has 1 N–H and O–H groups in total. The number of unbranched alkanes of at least 4 members (excludes halogenated alkanes) is 9. The number of carbonyl (C=O) groups is 2. The number of carbonyl (C=O) groups excluding carboxylic acids is 1. The Morgan fingerprint density at radius 1 is 0.707 bits per heavy atom. The van der Waals surface area contributed by atoms with Crippen molar-refractivity contribution in [3.05, 3.63) is 84.1 Å². The lowest BCUT2D eigenvalue weighted by molar-refractivity contribution is -0.161. The van der Waals surface area contributed by atoms with E-state index in [0.717, 1.165) is 68.1 Å². The van der Waals surface area contributed by atoms with Gasteiger partial charge in [-0.3, -0.25) is 9.59 Å². The highest BCUT2D eigenvalue weighted by Crippen LogP contribution is 2.43. The highest BCUT2D eigenvalue weighted by atomic mass is 16.5. The van der Waals surface area contributed by atoms with Crippen molar-refractivity contribution in [2.45, 2.75) is 96.8 Å². The lowest BCUT2D eigenvalue weighted by atomic mass is 9.70. The van der Waals surface area contributed by atoms with E-state index in [1.54, 1.807) is 6.08 Å². The molecule has 2 atom stereocenters. The van der Waals surface area contributed by atoms with Crippen molar-refractivity contribution in [2.75, 3.05) is 13.2 Å². The van der Waals surface area contributed by atoms with Crippen LogP contribution in [-0.4, -0.2) is 30.3 Å². The van der Waals surface area contributed by atoms with Crippen molar-refractivity contribution in [1.29, 1.82) is 0 Å². The van der Waals surface area contributed by atoms with Gasteiger partial charge in [0.25, 0.3) is 0 Å². The Balaban J connectivity index is 1.83. The van der Waals surface area contributed by atoms with Gasteiger partial charge in [-0.2, -0.15) is 0 Å². The van der Waals surface area contributed by atoms with Gasteiger partial charge in [0.2, 0.25) is 5.41 Å². The van der Waals surface area contributed by atoms with Crippen LogP contribution in [-0.2, 0) is 24.5 Å². The predicted molar refractivity (Wildman–Crippen MR) is 166 cm³/mol. The normalized spacial score (nSPS) is 19.9. The second-order valence-corrected chi connectivity index (χ2v) is 11.3. The fourth-order valence-corrected chi connectivity index (χ4v) is 5.26. The molecule has 2 unspecified atom stereocenters. The maximum atomic E-state index is 13.3. The molecule has 5 nitrogen and oxygen atoms in total. The van der Waals surface area contributed by atoms with E-state index in [0.29, 0.717) is 12.4 Å². The van der Waals surface area contributed by atoms with Gasteiger partial charge in [-0.15, -0.1) is 0 Å². The van der Waals surface area contributed by atoms with Gasteiger partial charge in [-0.05, 0) is 42.5 Å². The summed E-state index contributed by atoms with van der Waals surface area (Å²) in [5.41, 5.74) is 0.547. The molecule has 41 heavy (non-hydrogen) atoms. The molecule has 1 aliphatic carbocycles. The summed E-state index contributed by atoms with van der Waals surface area (Å²) in [5, 5.41) is 10.3. The van der Waals surface area contributed by atoms with E-state index >= 15 is 0 Å². The smallest absolute Gasteiger partial charge is 0.331 e. The zero-order valence-corrected chi connectivity index (χ0v) is 25.2. The van der Waals surface area contributed by atoms with Gasteiger partial charge in [-0.25, -0.2) is 0 Å². The standard InChI is InChI=1S/C36H48O5/c1-4-6-8-10-12-16-26-40-32-28-36(33(37)38,34(39)41-27-17-11-9-7-5-2)25-24-35(32,3)31-22-20-30(21-23-31)29-18-14-13-15-19-29/h13-15,18-25,28H,4-12,16-17,26-27H2,1-3H3,(H,37,38). The van der Waals surface area contributed by atoms with Gasteiger partial charge in [0, 0.05) is 0 Å². The van der Waals surface area contributed by atoms with Gasteiger partial charge in [0.1, 0.15) is 5.76 Å². The van der Waals surface area contributed by atoms with Crippen LogP contribution in [0.4, 0.5) is 0 Å². The zero-order valence-electron chi connectivity index (χ0n) is 25.2. The van der Waals surface area contributed by atoms with Crippen LogP contribution < -0.4 is 0 Å². The van der Waals surface area contributed by atoms with E-state index in [-0.39, 0.29) is 6.61 Å². The minimum atomic E-state index is -1.91. The first kappa shape index (κ1) is 32.2. The molecule has 222 valence electrons. The number of esters is 1. The molecular weight excluding hydrogens is 512 g/mol. The maximum Gasteiger partial charge on any atom is 0.331 e. The number of carboxylic acids is 1. The fraction of sp³-hybridized carbons (Fsp3) is 0.500. The molecule has 0 saturated heterocycles. The first-order valence-corrected chi connectivity index (χ1v) is 15.5. The molecule has 0 saturated carbocycles. The predicted octanol–water partition coefficient (Wildman–Crippen LogP) is 9.03. The first-order chi connectivity index (χ1) is 19.9. The van der Waals surface area contributed by atoms with Crippen LogP contribution in [0.25, 0.3) is 11.1 Å². The third-order valence-electron chi connectivity index (χ3n) is 8.07. The molecule has 2 aromatic carbocycles. The molecule has 0 aromatic heterocycles. The Morgan fingerprint density at radius 3 is 1.88 bits per heavy atom. The lowest BCUT2D eigenvalue weighted by Gasteiger charge is -2.36. The van der Waals surface area contributed by atoms with Crippen molar-refractivity contribution >= 4 is 11.9 Å². The van der Waals surface area contributed by atoms with E-state index in [1.165, 1.54) is 31.4 Å². The highest BCUT2D eigenvalue weighted by molar-refractivity contribution is 6.04. The number of hydrogen-bond acceptors (Lipinski definition) is 4. The van der Waals surface area contributed by atoms with E-state index in [1.807, 2.05) is 25.1 Å². The Bertz CT molecular complexity index is 1150. The Kier molecular flexibility index (Phi) is 12.7. The second-order valence-electron chi connectivity index (χ2n) is 11.3. The molecule has 2 aromatic rings. The van der Waals surface area contributed by atoms with Crippen LogP contribution in [0.3, 0.4) is 0 Å². The maximum absolute atomic E-state index is 13.3. The summed E-state index contributed by atoms with van der Waals surface area (Å²) >= 11 is 0. The van der Waals surface area contributed by atoms with Gasteiger partial charge in [0.05, 0.1) is 18.6 Å². The van der Waals surface area contributed by atoms with Crippen LogP contribution in [0.15, 0.2) is 78.6 Å². The molecule has 3 rings (SSSR count). The van der Waals surface area contributed by atoms with Crippen LogP contribution in [0.2, 0.25) is 0 Å². The summed E-state index contributed by atoms with van der Waals surface area (Å²) in [7, 11) is 0. The van der Waals surface area contributed by atoms with Gasteiger partial charge in [0.15, 0.2) is 0 Å². The summed E-state index contributed by atoms with van der Waals surface area (Å²) in [6.45, 7) is 7.04. The number of benzene rings is 2. The lowest BCUT2D eigenvalue weighted by Crippen LogP contribution is -2.42. The molecule has 5 heteroatoms. The Morgan fingerprint density at radius 2 is 1.27 bits per heavy atom. The summed E-state index contributed by atoms with van der Waals surface area (Å²) < 4.78 is 11.9. The average Bonchev–Trinajstić information content (AvgIpc) is 2.99. The van der Waals surface area contributed by atoms with Crippen molar-refractivity contribution in [3.63, 3.8) is 0 Å². The summed E-state index contributed by atoms with van der Waals surface area (Å²) in [6, 6.07) is 18.4. The number of aliphatic carboxylic acids is 1. The SMILES string of the molecule is CCCCCCCCOC1=CC(C(=O)O)(C(=O)OCCCCCCC)C=CC1(C)c1ccc(-c2ccccc2)cc1. The third kappa shape index (κ3) is 8.58. The number of rotatable bonds is 18. The van der Waals surface area contributed by atoms with Gasteiger partial charge in [-0.1, -0.05) is 138 Å². The fourth-order valence-electron chi connectivity index (χ4n) is 5.26. The highest BCUT2D eigenvalue weighted by Gasteiger charge is 2.50. The quantitative estimate of drug-likeness (QED) is 0.0852. The monoisotopic (exact) mass is 560 g/mol. The van der Waals surface area contributed by atoms with Crippen molar-refractivity contribution in [1.82, 2.24) is 0 Å². The van der Waals surface area contributed by atoms with Gasteiger partial charge >= 0.3 is 11.9 Å². The number of carboxylic acid groups (broad SMARTS) is 1. The largest absolute Gasteiger partial charge is 0.497 e. The van der Waals surface area contributed by atoms with Gasteiger partial charge < -0.3 is 14.6 Å². The van der Waals surface area contributed by atoms with E-state index in [2.05, 4.69) is 50.2 Å². The van der Waals surface area contributed by atoms with E-state index in [4.69, 9.17) is 9.47 Å². The molecule has 0 radical (unpaired) electrons. The van der Waals surface area contributed by atoms with Crippen LogP contribution in [0.5, 0.6) is 0 Å². The zero-order chi connectivity index (χ0) is 29.6. The minimum Gasteiger partial charge on any atom is -0.497 e. The molecule has 0 amide bonds. The molecule has 0 spiro atoms. The summed E-state index contributed by atoms with van der Waals surface area (Å²) in [5.74, 6) is -1.55. The average molecular weight is 561 g/mol. The molecule has 0 heterocycles. The first-order valence-electron chi connectivity index (χ1n) is 15.5. The van der Waals surface area contributed by atoms with Crippen molar-refractivity contribution in [2.24, 2.45) is 5.41 Å². The molecule has 0 aliphatic heterocycles. The van der Waals surface area contributed by atoms with Crippen molar-refractivity contribution in [3.8, 4) is 11.1 Å². The van der Waals surface area contributed by atoms with E-state index < -0.39 is 22.8 Å². The summed E-state index contributed by atoms with van der Waals surface area (Å²) in [6.07, 6.45) is 16.5. The minimum absolute atomic E-state index is 0.214. The van der Waals surface area contributed by atoms with E-state index in [9.17, 15) is 14.7 Å². The Labute approximate surface area is 246 Å². The molecule has 0 fully saturated rings. The summed E-state index contributed by atoms with van der Waals surface area (Å²) in [4.78, 5) is 25.9. The Hall–Kier alpha value is -3.34. The van der Waals surface area contributed by atoms with Crippen LogP contribution in [0, 0.1) is 5.41 Å². The third-order valence-corrected chi connectivity index (χ3v) is 8.07. The van der Waals surface area contributed by atoms with Crippen LogP contribution in [0.1, 0.15) is 97.0 Å². The molecule has 1 aliphatic rings. The number of hydrogen-bond donors (Lipinski definition) is 1. The topological polar surface area (TPSA) is 72.8 Å². The molecule has 0 bridgehead atoms. The second kappa shape index (κ2) is 16.2. The van der Waals surface area contributed by atoms with Crippen molar-refractivity contribution < 1.29 is 24.2 Å². The number of allylic oxidation sites excluding steroid dienone is 1. The van der Waals surface area contributed by atoms with Crippen LogP contribution >= 0.6 is 0 Å². The molecular formula is C36H48O5.